The molecule has 0 atom stereocenters. The Balaban J connectivity index is 2.13. The van der Waals surface area contributed by atoms with E-state index in [1.165, 1.54) is 12.1 Å². The third-order valence-corrected chi connectivity index (χ3v) is 4.61. The van der Waals surface area contributed by atoms with Crippen molar-refractivity contribution in [3.05, 3.63) is 54.1 Å². The normalized spacial score (nSPS) is 10.8. The first kappa shape index (κ1) is 16.8. The van der Waals surface area contributed by atoms with Gasteiger partial charge in [0.05, 0.1) is 12.2 Å². The van der Waals surface area contributed by atoms with Gasteiger partial charge in [0.25, 0.3) is 10.0 Å². The van der Waals surface area contributed by atoms with Gasteiger partial charge < -0.3 is 4.74 Å². The first-order valence-electron chi connectivity index (χ1n) is 7.31. The molecule has 2 aromatic carbocycles. The van der Waals surface area contributed by atoms with Crippen LogP contribution in [0.5, 0.6) is 5.75 Å². The van der Waals surface area contributed by atoms with E-state index in [0.29, 0.717) is 18.0 Å². The van der Waals surface area contributed by atoms with Crippen molar-refractivity contribution in [1.82, 2.24) is 0 Å². The Morgan fingerprint density at radius 3 is 2.48 bits per heavy atom. The van der Waals surface area contributed by atoms with E-state index in [0.717, 1.165) is 12.8 Å². The minimum absolute atomic E-state index is 0.0363. The number of unbranched alkanes of at least 4 members (excludes halogenated alkanes) is 1. The standard InChI is InChI=1S/C17H18N2O3S/c1-2-3-12-22-16-10-8-15(9-11-16)19-23(20,21)17-7-5-4-6-14(17)13-18/h4-11,19H,2-3,12H2,1H3. The zero-order chi connectivity index (χ0) is 16.7. The summed E-state index contributed by atoms with van der Waals surface area (Å²) in [4.78, 5) is -0.0363. The molecule has 2 rings (SSSR count). The van der Waals surface area contributed by atoms with Crippen molar-refractivity contribution in [2.75, 3.05) is 11.3 Å². The zero-order valence-corrected chi connectivity index (χ0v) is 13.6. The van der Waals surface area contributed by atoms with E-state index in [9.17, 15) is 8.42 Å². The lowest BCUT2D eigenvalue weighted by Gasteiger charge is -2.10. The molecule has 5 nitrogen and oxygen atoms in total. The Morgan fingerprint density at radius 1 is 1.13 bits per heavy atom. The van der Waals surface area contributed by atoms with Gasteiger partial charge in [-0.25, -0.2) is 8.42 Å². The molecule has 6 heteroatoms. The third kappa shape index (κ3) is 4.47. The second-order valence-corrected chi connectivity index (χ2v) is 6.59. The van der Waals surface area contributed by atoms with E-state index in [1.807, 2.05) is 6.07 Å². The Hall–Kier alpha value is -2.52. The molecule has 0 spiro atoms. The molecule has 120 valence electrons. The summed E-state index contributed by atoms with van der Waals surface area (Å²) in [6.45, 7) is 2.72. The fourth-order valence-corrected chi connectivity index (χ4v) is 3.17. The number of hydrogen-bond donors (Lipinski definition) is 1. The van der Waals surface area contributed by atoms with Gasteiger partial charge in [-0.2, -0.15) is 5.26 Å². The number of hydrogen-bond acceptors (Lipinski definition) is 4. The van der Waals surface area contributed by atoms with Gasteiger partial charge in [-0.15, -0.1) is 0 Å². The molecule has 0 bridgehead atoms. The summed E-state index contributed by atoms with van der Waals surface area (Å²) >= 11 is 0. The Bertz CT molecular complexity index is 793. The van der Waals surface area contributed by atoms with Crippen molar-refractivity contribution in [2.24, 2.45) is 0 Å². The van der Waals surface area contributed by atoms with Crippen LogP contribution in [0.3, 0.4) is 0 Å². The molecule has 0 saturated heterocycles. The number of nitrogens with one attached hydrogen (secondary N) is 1. The van der Waals surface area contributed by atoms with E-state index < -0.39 is 10.0 Å². The van der Waals surface area contributed by atoms with Crippen molar-refractivity contribution >= 4 is 15.7 Å². The van der Waals surface area contributed by atoms with Crippen LogP contribution in [0.4, 0.5) is 5.69 Å². The minimum Gasteiger partial charge on any atom is -0.494 e. The van der Waals surface area contributed by atoms with E-state index in [-0.39, 0.29) is 10.5 Å². The molecule has 1 N–H and O–H groups in total. The van der Waals surface area contributed by atoms with E-state index >= 15 is 0 Å². The largest absolute Gasteiger partial charge is 0.494 e. The summed E-state index contributed by atoms with van der Waals surface area (Å²) in [5, 5.41) is 9.03. The highest BCUT2D eigenvalue weighted by atomic mass is 32.2. The average Bonchev–Trinajstić information content (AvgIpc) is 2.56. The van der Waals surface area contributed by atoms with Gasteiger partial charge in [0.1, 0.15) is 16.7 Å². The second kappa shape index (κ2) is 7.65. The van der Waals surface area contributed by atoms with Gasteiger partial charge >= 0.3 is 0 Å². The number of anilines is 1. The fourth-order valence-electron chi connectivity index (χ4n) is 1.96. The SMILES string of the molecule is CCCCOc1ccc(NS(=O)(=O)c2ccccc2C#N)cc1. The van der Waals surface area contributed by atoms with Crippen molar-refractivity contribution in [3.8, 4) is 11.8 Å². The molecule has 0 heterocycles. The van der Waals surface area contributed by atoms with Crippen molar-refractivity contribution in [1.29, 1.82) is 5.26 Å². The first-order valence-corrected chi connectivity index (χ1v) is 8.80. The maximum Gasteiger partial charge on any atom is 0.263 e. The average molecular weight is 330 g/mol. The molecule has 0 fully saturated rings. The molecular formula is C17H18N2O3S. The zero-order valence-electron chi connectivity index (χ0n) is 12.8. The highest BCUT2D eigenvalue weighted by Gasteiger charge is 2.18. The lowest BCUT2D eigenvalue weighted by molar-refractivity contribution is 0.309. The first-order chi connectivity index (χ1) is 11.1. The molecule has 23 heavy (non-hydrogen) atoms. The number of nitrogens with zero attached hydrogens (tertiary/aromatic N) is 1. The van der Waals surface area contributed by atoms with E-state index in [1.54, 1.807) is 36.4 Å². The number of nitriles is 1. The summed E-state index contributed by atoms with van der Waals surface area (Å²) in [7, 11) is -3.80. The second-order valence-electron chi connectivity index (χ2n) is 4.94. The number of rotatable bonds is 7. The highest BCUT2D eigenvalue weighted by molar-refractivity contribution is 7.92. The molecule has 0 radical (unpaired) electrons. The molecule has 0 amide bonds. The summed E-state index contributed by atoms with van der Waals surface area (Å²) in [5.41, 5.74) is 0.528. The van der Waals surface area contributed by atoms with E-state index in [4.69, 9.17) is 10.00 Å². The van der Waals surface area contributed by atoms with Gasteiger partial charge in [0, 0.05) is 5.69 Å². The molecule has 0 saturated carbocycles. The lowest BCUT2D eigenvalue weighted by atomic mass is 10.2. The van der Waals surface area contributed by atoms with Gasteiger partial charge in [0.2, 0.25) is 0 Å². The predicted molar refractivity (Wildman–Crippen MR) is 88.8 cm³/mol. The van der Waals surface area contributed by atoms with Crippen LogP contribution >= 0.6 is 0 Å². The lowest BCUT2D eigenvalue weighted by Crippen LogP contribution is -2.14. The molecule has 0 aromatic heterocycles. The van der Waals surface area contributed by atoms with Crippen LogP contribution in [0.2, 0.25) is 0 Å². The third-order valence-electron chi connectivity index (χ3n) is 3.17. The topological polar surface area (TPSA) is 79.2 Å². The van der Waals surface area contributed by atoms with Crippen molar-refractivity contribution in [3.63, 3.8) is 0 Å². The van der Waals surface area contributed by atoms with Crippen LogP contribution in [0.25, 0.3) is 0 Å². The van der Waals surface area contributed by atoms with Gasteiger partial charge in [-0.05, 0) is 42.8 Å². The Labute approximate surface area is 136 Å². The molecule has 0 aliphatic carbocycles. The van der Waals surface area contributed by atoms with Crippen LogP contribution < -0.4 is 9.46 Å². The monoisotopic (exact) mass is 330 g/mol. The van der Waals surface area contributed by atoms with Crippen LogP contribution in [0.1, 0.15) is 25.3 Å². The molecular weight excluding hydrogens is 312 g/mol. The fraction of sp³-hybridized carbons (Fsp3) is 0.235. The van der Waals surface area contributed by atoms with Crippen LogP contribution in [0, 0.1) is 11.3 Å². The van der Waals surface area contributed by atoms with Gasteiger partial charge in [0.15, 0.2) is 0 Å². The minimum atomic E-state index is -3.80. The van der Waals surface area contributed by atoms with Crippen LogP contribution in [-0.4, -0.2) is 15.0 Å². The number of sulfonamides is 1. The van der Waals surface area contributed by atoms with Gasteiger partial charge in [-0.3, -0.25) is 4.72 Å². The molecule has 0 aliphatic heterocycles. The Kier molecular flexibility index (Phi) is 5.61. The quantitative estimate of drug-likeness (QED) is 0.788. The smallest absolute Gasteiger partial charge is 0.263 e. The summed E-state index contributed by atoms with van der Waals surface area (Å²) in [6.07, 6.45) is 2.02. The summed E-state index contributed by atoms with van der Waals surface area (Å²) < 4.78 is 32.8. The highest BCUT2D eigenvalue weighted by Crippen LogP contribution is 2.21. The number of ether oxygens (including phenoxy) is 1. The van der Waals surface area contributed by atoms with E-state index in [2.05, 4.69) is 11.6 Å². The van der Waals surface area contributed by atoms with Crippen LogP contribution in [0.15, 0.2) is 53.4 Å². The van der Waals surface area contributed by atoms with Crippen molar-refractivity contribution in [2.45, 2.75) is 24.7 Å². The van der Waals surface area contributed by atoms with Crippen LogP contribution in [-0.2, 0) is 10.0 Å². The predicted octanol–water partition coefficient (Wildman–Crippen LogP) is 3.54. The summed E-state index contributed by atoms with van der Waals surface area (Å²) in [6, 6.07) is 14.7. The Morgan fingerprint density at radius 2 is 1.83 bits per heavy atom. The molecule has 2 aromatic rings. The van der Waals surface area contributed by atoms with Crippen molar-refractivity contribution < 1.29 is 13.2 Å². The number of benzene rings is 2. The maximum absolute atomic E-state index is 12.4. The molecule has 0 unspecified atom stereocenters. The maximum atomic E-state index is 12.4. The molecule has 0 aliphatic rings. The summed E-state index contributed by atoms with van der Waals surface area (Å²) in [5.74, 6) is 0.693. The van der Waals surface area contributed by atoms with Gasteiger partial charge in [-0.1, -0.05) is 25.5 Å².